The van der Waals surface area contributed by atoms with Crippen molar-refractivity contribution in [2.75, 3.05) is 12.3 Å². The number of carbonyl (C=O) groups excluding carboxylic acids is 1. The molecule has 5 heteroatoms. The lowest BCUT2D eigenvalue weighted by Crippen LogP contribution is -2.19. The summed E-state index contributed by atoms with van der Waals surface area (Å²) in [5, 5.41) is 0. The van der Waals surface area contributed by atoms with Gasteiger partial charge in [-0.1, -0.05) is 19.3 Å². The fourth-order valence-electron chi connectivity index (χ4n) is 2.16. The zero-order valence-electron chi connectivity index (χ0n) is 10.9. The van der Waals surface area contributed by atoms with Crippen LogP contribution in [0, 0.1) is 12.8 Å². The van der Waals surface area contributed by atoms with E-state index in [4.69, 9.17) is 10.5 Å². The van der Waals surface area contributed by atoms with E-state index in [-0.39, 0.29) is 5.82 Å². The summed E-state index contributed by atoms with van der Waals surface area (Å²) >= 11 is 0. The average Bonchev–Trinajstić information content (AvgIpc) is 2.23. The third-order valence-electron chi connectivity index (χ3n) is 3.34. The lowest BCUT2D eigenvalue weighted by molar-refractivity contribution is 0.0525. The largest absolute Gasteiger partial charge is 0.462 e. The molecule has 2 rings (SSSR count). The Balaban J connectivity index is 2.19. The normalized spacial score (nSPS) is 15.2. The quantitative estimate of drug-likeness (QED) is 0.824. The van der Waals surface area contributed by atoms with Crippen LogP contribution in [0.1, 0.15) is 48.1 Å². The number of aryl methyl sites for hydroxylation is 1. The van der Waals surface area contributed by atoms with Gasteiger partial charge in [0.15, 0.2) is 0 Å². The van der Waals surface area contributed by atoms with Crippen LogP contribution in [0.5, 0.6) is 0 Å². The predicted molar refractivity (Wildman–Crippen MR) is 68.2 cm³/mol. The number of ether oxygens (including phenoxy) is 1. The van der Waals surface area contributed by atoms with Gasteiger partial charge in [-0.2, -0.15) is 0 Å². The Morgan fingerprint density at radius 2 is 2.17 bits per heavy atom. The number of nitrogens with zero attached hydrogens (tertiary/aromatic N) is 2. The van der Waals surface area contributed by atoms with Crippen LogP contribution in [-0.2, 0) is 11.2 Å². The summed E-state index contributed by atoms with van der Waals surface area (Å²) in [7, 11) is 0. The minimum atomic E-state index is -0.442. The molecule has 2 N–H and O–H groups in total. The number of nitrogen functional groups attached to an aromatic ring is 1. The van der Waals surface area contributed by atoms with Crippen LogP contribution in [0.4, 0.5) is 5.82 Å². The molecule has 1 aromatic heterocycles. The molecule has 1 aliphatic rings. The first-order chi connectivity index (χ1) is 8.61. The van der Waals surface area contributed by atoms with E-state index >= 15 is 0 Å². The van der Waals surface area contributed by atoms with Crippen LogP contribution in [0.25, 0.3) is 0 Å². The first-order valence-corrected chi connectivity index (χ1v) is 6.42. The fraction of sp³-hybridized carbons (Fsp3) is 0.615. The van der Waals surface area contributed by atoms with Crippen LogP contribution < -0.4 is 5.73 Å². The van der Waals surface area contributed by atoms with Gasteiger partial charge in [-0.25, -0.2) is 14.8 Å². The first-order valence-electron chi connectivity index (χ1n) is 6.42. The van der Waals surface area contributed by atoms with E-state index in [2.05, 4.69) is 9.97 Å². The highest BCUT2D eigenvalue weighted by Crippen LogP contribution is 2.29. The molecular formula is C13H19N3O2. The van der Waals surface area contributed by atoms with Crippen molar-refractivity contribution >= 4 is 11.8 Å². The van der Waals surface area contributed by atoms with E-state index in [0.29, 0.717) is 23.8 Å². The molecule has 0 saturated heterocycles. The van der Waals surface area contributed by atoms with Gasteiger partial charge in [0.2, 0.25) is 0 Å². The maximum atomic E-state index is 11.7. The highest BCUT2D eigenvalue weighted by Gasteiger charge is 2.22. The standard InChI is InChI=1S/C13H19N3O2/c1-3-18-13(17)11-8(2)15-10(16-12(11)14)7-9-5-4-6-9/h9H,3-7H2,1-2H3,(H2,14,15,16). The monoisotopic (exact) mass is 249 g/mol. The van der Waals surface area contributed by atoms with Gasteiger partial charge in [-0.05, 0) is 19.8 Å². The minimum Gasteiger partial charge on any atom is -0.462 e. The van der Waals surface area contributed by atoms with Gasteiger partial charge < -0.3 is 10.5 Å². The second kappa shape index (κ2) is 5.33. The number of esters is 1. The Morgan fingerprint density at radius 1 is 1.44 bits per heavy atom. The minimum absolute atomic E-state index is 0.232. The van der Waals surface area contributed by atoms with Crippen molar-refractivity contribution in [3.8, 4) is 0 Å². The van der Waals surface area contributed by atoms with Gasteiger partial charge in [0.05, 0.1) is 12.3 Å². The van der Waals surface area contributed by atoms with E-state index in [1.54, 1.807) is 13.8 Å². The number of hydrogen-bond acceptors (Lipinski definition) is 5. The second-order valence-electron chi connectivity index (χ2n) is 4.71. The Bertz CT molecular complexity index is 433. The van der Waals surface area contributed by atoms with E-state index in [1.165, 1.54) is 19.3 Å². The van der Waals surface area contributed by atoms with Crippen LogP contribution in [0.2, 0.25) is 0 Å². The molecule has 1 aliphatic carbocycles. The Hall–Kier alpha value is -1.65. The smallest absolute Gasteiger partial charge is 0.343 e. The third kappa shape index (κ3) is 2.60. The van der Waals surface area contributed by atoms with Gasteiger partial charge in [-0.15, -0.1) is 0 Å². The SMILES string of the molecule is CCOC(=O)c1c(C)nc(CC2CCC2)nc1N. The van der Waals surface area contributed by atoms with Crippen molar-refractivity contribution in [1.29, 1.82) is 0 Å². The highest BCUT2D eigenvalue weighted by atomic mass is 16.5. The third-order valence-corrected chi connectivity index (χ3v) is 3.34. The number of nitrogens with two attached hydrogens (primary N) is 1. The molecule has 5 nitrogen and oxygen atoms in total. The summed E-state index contributed by atoms with van der Waals surface area (Å²) < 4.78 is 4.94. The molecule has 0 aliphatic heterocycles. The lowest BCUT2D eigenvalue weighted by Gasteiger charge is -2.24. The molecule has 0 amide bonds. The molecule has 0 radical (unpaired) electrons. The Kier molecular flexibility index (Phi) is 3.79. The van der Waals surface area contributed by atoms with Gasteiger partial charge in [0.1, 0.15) is 17.2 Å². The van der Waals surface area contributed by atoms with E-state index in [9.17, 15) is 4.79 Å². The fourth-order valence-corrected chi connectivity index (χ4v) is 2.16. The van der Waals surface area contributed by atoms with Crippen LogP contribution in [0.3, 0.4) is 0 Å². The van der Waals surface area contributed by atoms with Crippen molar-refractivity contribution in [3.63, 3.8) is 0 Å². The predicted octanol–water partition coefficient (Wildman–Crippen LogP) is 1.89. The van der Waals surface area contributed by atoms with Crippen LogP contribution >= 0.6 is 0 Å². The summed E-state index contributed by atoms with van der Waals surface area (Å²) in [5.41, 5.74) is 6.74. The van der Waals surface area contributed by atoms with Gasteiger partial charge in [-0.3, -0.25) is 0 Å². The van der Waals surface area contributed by atoms with E-state index in [0.717, 1.165) is 12.2 Å². The first kappa shape index (κ1) is 12.8. The molecule has 1 aromatic rings. The van der Waals surface area contributed by atoms with E-state index < -0.39 is 5.97 Å². The summed E-state index contributed by atoms with van der Waals surface area (Å²) in [6.45, 7) is 3.85. The molecule has 0 atom stereocenters. The summed E-state index contributed by atoms with van der Waals surface area (Å²) in [6, 6.07) is 0. The van der Waals surface area contributed by atoms with Crippen molar-refractivity contribution in [2.45, 2.75) is 39.5 Å². The molecule has 98 valence electrons. The highest BCUT2D eigenvalue weighted by molar-refractivity contribution is 5.95. The second-order valence-corrected chi connectivity index (χ2v) is 4.71. The molecule has 1 saturated carbocycles. The lowest BCUT2D eigenvalue weighted by atomic mass is 9.83. The summed E-state index contributed by atoms with van der Waals surface area (Å²) in [6.07, 6.45) is 4.62. The molecule has 0 bridgehead atoms. The summed E-state index contributed by atoms with van der Waals surface area (Å²) in [5.74, 6) is 1.21. The molecule has 0 aromatic carbocycles. The molecule has 18 heavy (non-hydrogen) atoms. The molecule has 0 spiro atoms. The van der Waals surface area contributed by atoms with Gasteiger partial charge in [0.25, 0.3) is 0 Å². The topological polar surface area (TPSA) is 78.1 Å². The zero-order chi connectivity index (χ0) is 13.1. The van der Waals surface area contributed by atoms with Crippen molar-refractivity contribution < 1.29 is 9.53 Å². The van der Waals surface area contributed by atoms with Crippen LogP contribution in [0.15, 0.2) is 0 Å². The van der Waals surface area contributed by atoms with Gasteiger partial charge in [0, 0.05) is 6.42 Å². The average molecular weight is 249 g/mol. The van der Waals surface area contributed by atoms with Gasteiger partial charge >= 0.3 is 5.97 Å². The molecular weight excluding hydrogens is 230 g/mol. The zero-order valence-corrected chi connectivity index (χ0v) is 10.9. The van der Waals surface area contributed by atoms with Crippen molar-refractivity contribution in [1.82, 2.24) is 9.97 Å². The number of anilines is 1. The maximum absolute atomic E-state index is 11.7. The molecule has 1 fully saturated rings. The summed E-state index contributed by atoms with van der Waals surface area (Å²) in [4.78, 5) is 20.3. The number of rotatable bonds is 4. The molecule has 1 heterocycles. The Morgan fingerprint density at radius 3 is 2.67 bits per heavy atom. The Labute approximate surface area is 107 Å². The van der Waals surface area contributed by atoms with Crippen molar-refractivity contribution in [3.05, 3.63) is 17.1 Å². The maximum Gasteiger partial charge on any atom is 0.343 e. The van der Waals surface area contributed by atoms with E-state index in [1.807, 2.05) is 0 Å². The van der Waals surface area contributed by atoms with Crippen molar-refractivity contribution in [2.24, 2.45) is 5.92 Å². The number of hydrogen-bond donors (Lipinski definition) is 1. The van der Waals surface area contributed by atoms with Crippen LogP contribution in [-0.4, -0.2) is 22.5 Å². The molecule has 0 unspecified atom stereocenters. The number of carbonyl (C=O) groups is 1. The number of aromatic nitrogens is 2.